The fourth-order valence-corrected chi connectivity index (χ4v) is 2.27. The predicted octanol–water partition coefficient (Wildman–Crippen LogP) is 4.09. The summed E-state index contributed by atoms with van der Waals surface area (Å²) < 4.78 is 10.8. The number of halogens is 1. The van der Waals surface area contributed by atoms with Crippen molar-refractivity contribution in [3.05, 3.63) is 65.2 Å². The van der Waals surface area contributed by atoms with Gasteiger partial charge in [-0.3, -0.25) is 0 Å². The van der Waals surface area contributed by atoms with Crippen LogP contribution in [0.2, 0.25) is 0 Å². The van der Waals surface area contributed by atoms with Gasteiger partial charge in [0, 0.05) is 12.3 Å². The number of nitrogens with zero attached hydrogens (tertiary/aromatic N) is 1. The Kier molecular flexibility index (Phi) is 10.9. The van der Waals surface area contributed by atoms with Gasteiger partial charge < -0.3 is 20.5 Å². The van der Waals surface area contributed by atoms with E-state index in [0.717, 1.165) is 23.4 Å². The van der Waals surface area contributed by atoms with E-state index >= 15 is 0 Å². The molecule has 0 saturated carbocycles. The molecule has 0 aliphatic rings. The minimum absolute atomic E-state index is 0. The average Bonchev–Trinajstić information content (AvgIpc) is 2.62. The summed E-state index contributed by atoms with van der Waals surface area (Å²) in [4.78, 5) is 4.40. The van der Waals surface area contributed by atoms with Gasteiger partial charge in [0.05, 0.1) is 26.4 Å². The van der Waals surface area contributed by atoms with Crippen molar-refractivity contribution in [2.45, 2.75) is 27.0 Å². The Bertz CT molecular complexity index is 675. The lowest BCUT2D eigenvalue weighted by molar-refractivity contribution is 0.0453. The normalized spacial score (nSPS) is 11.1. The van der Waals surface area contributed by atoms with E-state index in [-0.39, 0.29) is 24.0 Å². The lowest BCUT2D eigenvalue weighted by Crippen LogP contribution is -2.22. The first-order valence-corrected chi connectivity index (χ1v) is 8.54. The van der Waals surface area contributed by atoms with Crippen molar-refractivity contribution in [1.29, 1.82) is 0 Å². The van der Waals surface area contributed by atoms with Crippen LogP contribution < -0.4 is 11.1 Å². The maximum Gasteiger partial charge on any atom is 0.193 e. The van der Waals surface area contributed by atoms with Gasteiger partial charge in [0.15, 0.2) is 5.96 Å². The fraction of sp³-hybridized carbons (Fsp3) is 0.350. The fourth-order valence-electron chi connectivity index (χ4n) is 2.27. The molecular weight excluding hydrogens is 441 g/mol. The van der Waals surface area contributed by atoms with Crippen LogP contribution >= 0.6 is 24.0 Å². The molecule has 0 spiro atoms. The summed E-state index contributed by atoms with van der Waals surface area (Å²) in [6.07, 6.45) is 0. The molecule has 0 radical (unpaired) electrons. The van der Waals surface area contributed by atoms with Crippen LogP contribution in [0.3, 0.4) is 0 Å². The van der Waals surface area contributed by atoms with Crippen molar-refractivity contribution in [1.82, 2.24) is 0 Å². The Hall–Kier alpha value is -1.64. The molecule has 0 aliphatic heterocycles. The number of hydrogen-bond acceptors (Lipinski definition) is 3. The van der Waals surface area contributed by atoms with Gasteiger partial charge >= 0.3 is 0 Å². The standard InChI is InChI=1S/C20H27N3O2.HI/c1-3-24-11-12-25-15-18-6-4-5-17(13-18)14-22-20(21)23-19-9-7-16(2)8-10-19;/h4-10,13H,3,11-12,14-15H2,1-2H3,(H3,21,22,23);1H. The number of hydrogen-bond donors (Lipinski definition) is 2. The predicted molar refractivity (Wildman–Crippen MR) is 118 cm³/mol. The minimum atomic E-state index is 0. The maximum absolute atomic E-state index is 5.96. The summed E-state index contributed by atoms with van der Waals surface area (Å²) in [6.45, 7) is 7.07. The second kappa shape index (κ2) is 12.7. The molecule has 0 aromatic heterocycles. The molecule has 0 atom stereocenters. The van der Waals surface area contributed by atoms with E-state index in [4.69, 9.17) is 15.2 Å². The van der Waals surface area contributed by atoms with Gasteiger partial charge in [-0.1, -0.05) is 42.0 Å². The summed E-state index contributed by atoms with van der Waals surface area (Å²) in [5.41, 5.74) is 10.3. The highest BCUT2D eigenvalue weighted by atomic mass is 127. The Balaban J connectivity index is 0.00000338. The van der Waals surface area contributed by atoms with Crippen LogP contribution in [0.4, 0.5) is 5.69 Å². The Morgan fingerprint density at radius 1 is 1.04 bits per heavy atom. The van der Waals surface area contributed by atoms with Crippen molar-refractivity contribution in [3.8, 4) is 0 Å². The van der Waals surface area contributed by atoms with Gasteiger partial charge in [-0.2, -0.15) is 0 Å². The summed E-state index contributed by atoms with van der Waals surface area (Å²) in [5, 5.41) is 3.10. The van der Waals surface area contributed by atoms with E-state index in [1.165, 1.54) is 5.56 Å². The molecule has 0 fully saturated rings. The van der Waals surface area contributed by atoms with E-state index in [1.807, 2.05) is 49.4 Å². The second-order valence-corrected chi connectivity index (χ2v) is 5.76. The zero-order chi connectivity index (χ0) is 17.9. The zero-order valence-corrected chi connectivity index (χ0v) is 17.7. The van der Waals surface area contributed by atoms with Gasteiger partial charge in [-0.25, -0.2) is 4.99 Å². The SMILES string of the molecule is CCOCCOCc1cccc(CN=C(N)Nc2ccc(C)cc2)c1.I. The molecule has 2 aromatic rings. The van der Waals surface area contributed by atoms with Gasteiger partial charge in [-0.15, -0.1) is 24.0 Å². The molecule has 142 valence electrons. The molecule has 0 heterocycles. The molecule has 6 heteroatoms. The summed E-state index contributed by atoms with van der Waals surface area (Å²) >= 11 is 0. The molecule has 0 amide bonds. The lowest BCUT2D eigenvalue weighted by Gasteiger charge is -2.07. The molecule has 2 aromatic carbocycles. The van der Waals surface area contributed by atoms with Crippen LogP contribution in [0, 0.1) is 6.92 Å². The third-order valence-corrected chi connectivity index (χ3v) is 3.59. The molecule has 26 heavy (non-hydrogen) atoms. The second-order valence-electron chi connectivity index (χ2n) is 5.76. The monoisotopic (exact) mass is 469 g/mol. The number of nitrogens with one attached hydrogen (secondary N) is 1. The smallest absolute Gasteiger partial charge is 0.193 e. The first kappa shape index (κ1) is 22.4. The van der Waals surface area contributed by atoms with E-state index < -0.39 is 0 Å². The van der Waals surface area contributed by atoms with Crippen molar-refractivity contribution in [2.24, 2.45) is 10.7 Å². The lowest BCUT2D eigenvalue weighted by atomic mass is 10.1. The van der Waals surface area contributed by atoms with E-state index in [9.17, 15) is 0 Å². The number of aliphatic imine (C=N–C) groups is 1. The van der Waals surface area contributed by atoms with Crippen LogP contribution in [0.5, 0.6) is 0 Å². The maximum atomic E-state index is 5.96. The number of nitrogens with two attached hydrogens (primary N) is 1. The minimum Gasteiger partial charge on any atom is -0.379 e. The van der Waals surface area contributed by atoms with Crippen molar-refractivity contribution < 1.29 is 9.47 Å². The highest BCUT2D eigenvalue weighted by molar-refractivity contribution is 14.0. The summed E-state index contributed by atoms with van der Waals surface area (Å²) in [5.74, 6) is 0.405. The summed E-state index contributed by atoms with van der Waals surface area (Å²) in [6, 6.07) is 16.2. The van der Waals surface area contributed by atoms with Gasteiger partial charge in [0.2, 0.25) is 0 Å². The van der Waals surface area contributed by atoms with Crippen LogP contribution in [0.1, 0.15) is 23.6 Å². The Morgan fingerprint density at radius 3 is 2.46 bits per heavy atom. The van der Waals surface area contributed by atoms with Crippen molar-refractivity contribution in [2.75, 3.05) is 25.1 Å². The van der Waals surface area contributed by atoms with Gasteiger partial charge in [0.1, 0.15) is 0 Å². The van der Waals surface area contributed by atoms with Gasteiger partial charge in [-0.05, 0) is 37.1 Å². The summed E-state index contributed by atoms with van der Waals surface area (Å²) in [7, 11) is 0. The average molecular weight is 469 g/mol. The molecule has 2 rings (SSSR count). The van der Waals surface area contributed by atoms with E-state index in [0.29, 0.717) is 32.3 Å². The topological polar surface area (TPSA) is 68.9 Å². The third-order valence-electron chi connectivity index (χ3n) is 3.59. The first-order valence-electron chi connectivity index (χ1n) is 8.54. The highest BCUT2D eigenvalue weighted by Crippen LogP contribution is 2.10. The van der Waals surface area contributed by atoms with Crippen molar-refractivity contribution >= 4 is 35.6 Å². The largest absolute Gasteiger partial charge is 0.379 e. The van der Waals surface area contributed by atoms with Crippen LogP contribution in [-0.2, 0) is 22.6 Å². The highest BCUT2D eigenvalue weighted by Gasteiger charge is 1.99. The molecule has 0 aliphatic carbocycles. The zero-order valence-electron chi connectivity index (χ0n) is 15.4. The van der Waals surface area contributed by atoms with Crippen LogP contribution in [-0.4, -0.2) is 25.8 Å². The third kappa shape index (κ3) is 8.64. The van der Waals surface area contributed by atoms with Crippen LogP contribution in [0.15, 0.2) is 53.5 Å². The number of benzene rings is 2. The molecule has 5 nitrogen and oxygen atoms in total. The molecule has 3 N–H and O–H groups in total. The van der Waals surface area contributed by atoms with Crippen LogP contribution in [0.25, 0.3) is 0 Å². The molecule has 0 saturated heterocycles. The van der Waals surface area contributed by atoms with Gasteiger partial charge in [0.25, 0.3) is 0 Å². The number of rotatable bonds is 9. The quantitative estimate of drug-likeness (QED) is 0.251. The van der Waals surface area contributed by atoms with E-state index in [2.05, 4.69) is 23.3 Å². The van der Waals surface area contributed by atoms with Crippen molar-refractivity contribution in [3.63, 3.8) is 0 Å². The number of aryl methyl sites for hydroxylation is 1. The Labute approximate surface area is 173 Å². The number of ether oxygens (including phenoxy) is 2. The molecular formula is C20H28IN3O2. The first-order chi connectivity index (χ1) is 12.2. The molecule has 0 bridgehead atoms. The number of guanidine groups is 1. The number of anilines is 1. The molecule has 0 unspecified atom stereocenters. The Morgan fingerprint density at radius 2 is 1.73 bits per heavy atom. The van der Waals surface area contributed by atoms with E-state index in [1.54, 1.807) is 0 Å².